The highest BCUT2D eigenvalue weighted by atomic mass is 16.5. The number of rotatable bonds is 5. The first-order chi connectivity index (χ1) is 11.7. The number of aromatic nitrogens is 2. The molecular formula is C17H27N5O2. The largest absolute Gasteiger partial charge is 0.373 e. The number of carbonyl (C=O) groups excluding carboxylic acids is 1. The number of hydrogen-bond donors (Lipinski definition) is 2. The SMILES string of the molecule is CCCNc1ncc(CN2CCC3(CC2)CNC(=O)CCO3)cn1. The number of amides is 1. The molecule has 2 fully saturated rings. The Morgan fingerprint density at radius 3 is 2.79 bits per heavy atom. The fourth-order valence-corrected chi connectivity index (χ4v) is 3.22. The van der Waals surface area contributed by atoms with Gasteiger partial charge in [0.1, 0.15) is 0 Å². The van der Waals surface area contributed by atoms with Gasteiger partial charge in [-0.3, -0.25) is 9.69 Å². The molecule has 1 aromatic rings. The molecule has 0 saturated carbocycles. The zero-order chi connectivity index (χ0) is 16.8. The van der Waals surface area contributed by atoms with Crippen LogP contribution in [0.5, 0.6) is 0 Å². The molecule has 7 heteroatoms. The van der Waals surface area contributed by atoms with Crippen molar-refractivity contribution in [2.24, 2.45) is 0 Å². The molecule has 24 heavy (non-hydrogen) atoms. The number of hydrogen-bond acceptors (Lipinski definition) is 6. The number of ether oxygens (including phenoxy) is 1. The van der Waals surface area contributed by atoms with Crippen molar-refractivity contribution in [1.29, 1.82) is 0 Å². The van der Waals surface area contributed by atoms with Crippen LogP contribution in [-0.4, -0.2) is 59.2 Å². The summed E-state index contributed by atoms with van der Waals surface area (Å²) in [5, 5.41) is 6.17. The van der Waals surface area contributed by atoms with Crippen molar-refractivity contribution in [1.82, 2.24) is 20.2 Å². The smallest absolute Gasteiger partial charge is 0.222 e. The van der Waals surface area contributed by atoms with E-state index >= 15 is 0 Å². The number of nitrogens with zero attached hydrogens (tertiary/aromatic N) is 3. The molecule has 3 rings (SSSR count). The van der Waals surface area contributed by atoms with Crippen LogP contribution in [0.25, 0.3) is 0 Å². The monoisotopic (exact) mass is 333 g/mol. The van der Waals surface area contributed by atoms with E-state index in [-0.39, 0.29) is 11.5 Å². The lowest BCUT2D eigenvalue weighted by Gasteiger charge is -2.40. The zero-order valence-corrected chi connectivity index (χ0v) is 14.4. The van der Waals surface area contributed by atoms with Crippen molar-refractivity contribution >= 4 is 11.9 Å². The summed E-state index contributed by atoms with van der Waals surface area (Å²) in [6, 6.07) is 0. The van der Waals surface area contributed by atoms with Gasteiger partial charge in [0, 0.05) is 57.1 Å². The Kier molecular flexibility index (Phi) is 5.63. The second-order valence-corrected chi connectivity index (χ2v) is 6.68. The molecule has 1 spiro atoms. The van der Waals surface area contributed by atoms with Gasteiger partial charge in [-0.1, -0.05) is 6.92 Å². The Morgan fingerprint density at radius 2 is 2.08 bits per heavy atom. The van der Waals surface area contributed by atoms with E-state index in [1.54, 1.807) is 0 Å². The zero-order valence-electron chi connectivity index (χ0n) is 14.4. The summed E-state index contributed by atoms with van der Waals surface area (Å²) in [6.07, 6.45) is 7.23. The van der Waals surface area contributed by atoms with Crippen LogP contribution in [0.2, 0.25) is 0 Å². The van der Waals surface area contributed by atoms with Gasteiger partial charge in [-0.25, -0.2) is 9.97 Å². The molecule has 0 aliphatic carbocycles. The average molecular weight is 333 g/mol. The molecule has 2 saturated heterocycles. The summed E-state index contributed by atoms with van der Waals surface area (Å²) in [5.74, 6) is 0.795. The average Bonchev–Trinajstić information content (AvgIpc) is 2.79. The third-order valence-corrected chi connectivity index (χ3v) is 4.76. The Morgan fingerprint density at radius 1 is 1.33 bits per heavy atom. The molecule has 7 nitrogen and oxygen atoms in total. The molecule has 0 unspecified atom stereocenters. The summed E-state index contributed by atoms with van der Waals surface area (Å²) in [5.41, 5.74) is 0.954. The maximum atomic E-state index is 11.5. The van der Waals surface area contributed by atoms with Gasteiger partial charge in [-0.05, 0) is 19.3 Å². The molecule has 0 aromatic carbocycles. The van der Waals surface area contributed by atoms with E-state index < -0.39 is 0 Å². The van der Waals surface area contributed by atoms with Gasteiger partial charge in [0.05, 0.1) is 12.2 Å². The van der Waals surface area contributed by atoms with Gasteiger partial charge < -0.3 is 15.4 Å². The van der Waals surface area contributed by atoms with Gasteiger partial charge in [0.2, 0.25) is 11.9 Å². The van der Waals surface area contributed by atoms with Crippen LogP contribution in [0.4, 0.5) is 5.95 Å². The lowest BCUT2D eigenvalue weighted by molar-refractivity contribution is -0.120. The molecular weight excluding hydrogens is 306 g/mol. The van der Waals surface area contributed by atoms with Crippen molar-refractivity contribution in [3.63, 3.8) is 0 Å². The van der Waals surface area contributed by atoms with Crippen molar-refractivity contribution in [2.45, 2.75) is 44.8 Å². The first-order valence-electron chi connectivity index (χ1n) is 8.87. The summed E-state index contributed by atoms with van der Waals surface area (Å²) in [4.78, 5) is 22.6. The van der Waals surface area contributed by atoms with Crippen LogP contribution in [0.15, 0.2) is 12.4 Å². The van der Waals surface area contributed by atoms with E-state index in [1.807, 2.05) is 12.4 Å². The standard InChI is InChI=1S/C17H27N5O2/c1-2-6-18-16-19-10-14(11-20-16)12-22-7-4-17(5-8-22)13-21-15(23)3-9-24-17/h10-11H,2-9,12-13H2,1H3,(H,21,23)(H,18,19,20). The first kappa shape index (κ1) is 17.1. The van der Waals surface area contributed by atoms with Crippen molar-refractivity contribution < 1.29 is 9.53 Å². The molecule has 2 N–H and O–H groups in total. The Balaban J connectivity index is 1.49. The number of likely N-dealkylation sites (tertiary alicyclic amines) is 1. The third-order valence-electron chi connectivity index (χ3n) is 4.76. The topological polar surface area (TPSA) is 79.4 Å². The summed E-state index contributed by atoms with van der Waals surface area (Å²) < 4.78 is 6.01. The molecule has 2 aliphatic rings. The number of nitrogens with one attached hydrogen (secondary N) is 2. The van der Waals surface area contributed by atoms with Crippen molar-refractivity contribution in [3.8, 4) is 0 Å². The normalized spacial score (nSPS) is 21.3. The molecule has 132 valence electrons. The van der Waals surface area contributed by atoms with E-state index in [4.69, 9.17) is 4.74 Å². The van der Waals surface area contributed by atoms with Crippen molar-refractivity contribution in [3.05, 3.63) is 18.0 Å². The predicted octanol–water partition coefficient (Wildman–Crippen LogP) is 1.17. The molecule has 0 bridgehead atoms. The molecule has 1 amide bonds. The highest BCUT2D eigenvalue weighted by Gasteiger charge is 2.37. The minimum atomic E-state index is -0.174. The van der Waals surface area contributed by atoms with Crippen LogP contribution in [0.3, 0.4) is 0 Å². The Bertz CT molecular complexity index is 540. The van der Waals surface area contributed by atoms with Gasteiger partial charge >= 0.3 is 0 Å². The predicted molar refractivity (Wildman–Crippen MR) is 91.6 cm³/mol. The number of piperidine rings is 1. The van der Waals surface area contributed by atoms with E-state index in [0.29, 0.717) is 25.5 Å². The third kappa shape index (κ3) is 4.42. The van der Waals surface area contributed by atoms with E-state index in [0.717, 1.165) is 51.0 Å². The summed E-state index contributed by atoms with van der Waals surface area (Å²) in [7, 11) is 0. The van der Waals surface area contributed by atoms with Crippen LogP contribution < -0.4 is 10.6 Å². The molecule has 2 aliphatic heterocycles. The number of anilines is 1. The Hall–Kier alpha value is -1.73. The minimum Gasteiger partial charge on any atom is -0.373 e. The van der Waals surface area contributed by atoms with Crippen LogP contribution in [0, 0.1) is 0 Å². The van der Waals surface area contributed by atoms with Crippen molar-refractivity contribution in [2.75, 3.05) is 38.1 Å². The fourth-order valence-electron chi connectivity index (χ4n) is 3.22. The maximum absolute atomic E-state index is 11.5. The highest BCUT2D eigenvalue weighted by molar-refractivity contribution is 5.76. The second-order valence-electron chi connectivity index (χ2n) is 6.68. The van der Waals surface area contributed by atoms with Crippen LogP contribution in [0.1, 0.15) is 38.2 Å². The fraction of sp³-hybridized carbons (Fsp3) is 0.706. The van der Waals surface area contributed by atoms with Gasteiger partial charge in [0.25, 0.3) is 0 Å². The Labute approximate surface area is 143 Å². The minimum absolute atomic E-state index is 0.100. The molecule has 3 heterocycles. The van der Waals surface area contributed by atoms with Crippen LogP contribution in [-0.2, 0) is 16.1 Å². The lowest BCUT2D eigenvalue weighted by Crippen LogP contribution is -2.50. The van der Waals surface area contributed by atoms with Gasteiger partial charge in [0.15, 0.2) is 0 Å². The molecule has 0 radical (unpaired) electrons. The summed E-state index contributed by atoms with van der Waals surface area (Å²) >= 11 is 0. The van der Waals surface area contributed by atoms with E-state index in [9.17, 15) is 4.79 Å². The van der Waals surface area contributed by atoms with Gasteiger partial charge in [-0.15, -0.1) is 0 Å². The van der Waals surface area contributed by atoms with E-state index in [2.05, 4.69) is 32.4 Å². The summed E-state index contributed by atoms with van der Waals surface area (Å²) in [6.45, 7) is 6.97. The maximum Gasteiger partial charge on any atom is 0.222 e. The number of carbonyl (C=O) groups is 1. The molecule has 1 aromatic heterocycles. The highest BCUT2D eigenvalue weighted by Crippen LogP contribution is 2.28. The molecule has 0 atom stereocenters. The van der Waals surface area contributed by atoms with E-state index in [1.165, 1.54) is 0 Å². The second kappa shape index (κ2) is 7.90. The quantitative estimate of drug-likeness (QED) is 0.842. The lowest BCUT2D eigenvalue weighted by atomic mass is 9.91. The van der Waals surface area contributed by atoms with Crippen LogP contribution >= 0.6 is 0 Å². The van der Waals surface area contributed by atoms with Gasteiger partial charge in [-0.2, -0.15) is 0 Å². The first-order valence-corrected chi connectivity index (χ1v) is 8.87.